The van der Waals surface area contributed by atoms with Gasteiger partial charge in [-0.3, -0.25) is 4.99 Å². The maximum Gasteiger partial charge on any atom is 0.193 e. The zero-order valence-electron chi connectivity index (χ0n) is 19.0. The zero-order chi connectivity index (χ0) is 21.9. The molecular weight excluding hydrogens is 390 g/mol. The van der Waals surface area contributed by atoms with Crippen molar-refractivity contribution in [1.82, 2.24) is 10.2 Å². The summed E-state index contributed by atoms with van der Waals surface area (Å²) in [6, 6.07) is 16.6. The molecule has 2 aromatic carbocycles. The van der Waals surface area contributed by atoms with E-state index in [-0.39, 0.29) is 0 Å². The van der Waals surface area contributed by atoms with E-state index in [2.05, 4.69) is 52.5 Å². The summed E-state index contributed by atoms with van der Waals surface area (Å²) >= 11 is 0. The molecule has 1 aliphatic heterocycles. The summed E-state index contributed by atoms with van der Waals surface area (Å²) in [7, 11) is 3.82. The lowest BCUT2D eigenvalue weighted by atomic mass is 10.1. The molecule has 1 heterocycles. The van der Waals surface area contributed by atoms with Gasteiger partial charge in [-0.1, -0.05) is 42.5 Å². The minimum atomic E-state index is 0.323. The average molecular weight is 426 g/mol. The second kappa shape index (κ2) is 12.3. The Labute approximate surface area is 186 Å². The summed E-state index contributed by atoms with van der Waals surface area (Å²) in [6.07, 6.45) is 2.30. The van der Waals surface area contributed by atoms with E-state index < -0.39 is 0 Å². The number of para-hydroxylation sites is 1. The van der Waals surface area contributed by atoms with Crippen LogP contribution in [0.1, 0.15) is 29.5 Å². The second-order valence-corrected chi connectivity index (χ2v) is 7.88. The smallest absolute Gasteiger partial charge is 0.193 e. The van der Waals surface area contributed by atoms with E-state index in [9.17, 15) is 0 Å². The van der Waals surface area contributed by atoms with Crippen molar-refractivity contribution in [2.75, 3.05) is 40.5 Å². The maximum atomic E-state index is 6.00. The number of hydrogen-bond donors (Lipinski definition) is 1. The van der Waals surface area contributed by atoms with Crippen molar-refractivity contribution in [1.29, 1.82) is 0 Å². The number of likely N-dealkylation sites (N-methyl/N-ethyl adjacent to an activating group) is 1. The van der Waals surface area contributed by atoms with Crippen LogP contribution in [0.2, 0.25) is 0 Å². The molecule has 0 bridgehead atoms. The number of nitrogens with zero attached hydrogens (tertiary/aromatic N) is 2. The molecular formula is C25H35N3O3. The highest BCUT2D eigenvalue weighted by Gasteiger charge is 2.14. The highest BCUT2D eigenvalue weighted by atomic mass is 16.5. The van der Waals surface area contributed by atoms with Gasteiger partial charge in [0.15, 0.2) is 5.96 Å². The quantitative estimate of drug-likeness (QED) is 0.490. The van der Waals surface area contributed by atoms with E-state index in [0.717, 1.165) is 56.4 Å². The second-order valence-electron chi connectivity index (χ2n) is 7.88. The van der Waals surface area contributed by atoms with Crippen LogP contribution in [0.3, 0.4) is 0 Å². The lowest BCUT2D eigenvalue weighted by Crippen LogP contribution is -2.40. The van der Waals surface area contributed by atoms with Crippen molar-refractivity contribution in [3.05, 3.63) is 65.2 Å². The number of rotatable bonds is 9. The van der Waals surface area contributed by atoms with Crippen molar-refractivity contribution < 1.29 is 14.2 Å². The molecule has 0 aromatic heterocycles. The first-order chi connectivity index (χ1) is 15.2. The third-order valence-electron chi connectivity index (χ3n) is 5.48. The molecule has 0 aliphatic carbocycles. The number of aliphatic imine (C=N–C) groups is 1. The number of hydrogen-bond acceptors (Lipinski definition) is 4. The summed E-state index contributed by atoms with van der Waals surface area (Å²) in [5, 5.41) is 3.42. The third kappa shape index (κ3) is 7.56. The first-order valence-corrected chi connectivity index (χ1v) is 11.0. The lowest BCUT2D eigenvalue weighted by Gasteiger charge is -2.23. The molecule has 0 unspecified atom stereocenters. The lowest BCUT2D eigenvalue weighted by molar-refractivity contribution is -0.0390. The molecule has 0 amide bonds. The Morgan fingerprint density at radius 2 is 1.81 bits per heavy atom. The summed E-state index contributed by atoms with van der Waals surface area (Å²) in [4.78, 5) is 6.47. The Bertz CT molecular complexity index is 817. The van der Waals surface area contributed by atoms with E-state index in [1.54, 1.807) is 7.05 Å². The fraction of sp³-hybridized carbons (Fsp3) is 0.480. The van der Waals surface area contributed by atoms with E-state index in [1.807, 2.05) is 25.2 Å². The van der Waals surface area contributed by atoms with Gasteiger partial charge in [-0.15, -0.1) is 0 Å². The molecule has 0 atom stereocenters. The predicted molar refractivity (Wildman–Crippen MR) is 125 cm³/mol. The van der Waals surface area contributed by atoms with Gasteiger partial charge >= 0.3 is 0 Å². The van der Waals surface area contributed by atoms with Crippen molar-refractivity contribution in [3.8, 4) is 5.75 Å². The number of guanidine groups is 1. The van der Waals surface area contributed by atoms with Crippen LogP contribution in [-0.2, 0) is 22.6 Å². The van der Waals surface area contributed by atoms with Gasteiger partial charge in [0, 0.05) is 33.9 Å². The summed E-state index contributed by atoms with van der Waals surface area (Å²) in [5.74, 6) is 1.78. The molecule has 1 fully saturated rings. The monoisotopic (exact) mass is 425 g/mol. The summed E-state index contributed by atoms with van der Waals surface area (Å²) in [6.45, 7) is 6.40. The summed E-state index contributed by atoms with van der Waals surface area (Å²) < 4.78 is 17.3. The van der Waals surface area contributed by atoms with E-state index in [1.165, 1.54) is 11.1 Å². The van der Waals surface area contributed by atoms with Crippen LogP contribution < -0.4 is 10.1 Å². The van der Waals surface area contributed by atoms with Gasteiger partial charge in [-0.25, -0.2) is 0 Å². The molecule has 1 aliphatic rings. The number of ether oxygens (including phenoxy) is 3. The molecule has 31 heavy (non-hydrogen) atoms. The van der Waals surface area contributed by atoms with Crippen molar-refractivity contribution >= 4 is 5.96 Å². The van der Waals surface area contributed by atoms with Crippen LogP contribution in [0.25, 0.3) is 0 Å². The molecule has 6 heteroatoms. The standard InChI is InChI=1S/C25H35N3O3/c1-20-6-4-5-7-24(20)30-17-14-28(3)25(26-2)27-18-21-8-10-22(11-9-21)19-31-23-12-15-29-16-13-23/h4-11,23H,12-19H2,1-3H3,(H,26,27). The predicted octanol–water partition coefficient (Wildman–Crippen LogP) is 3.78. The van der Waals surface area contributed by atoms with Gasteiger partial charge < -0.3 is 24.4 Å². The van der Waals surface area contributed by atoms with E-state index in [0.29, 0.717) is 19.3 Å². The normalized spacial score (nSPS) is 15.0. The topological polar surface area (TPSA) is 55.3 Å². The van der Waals surface area contributed by atoms with Gasteiger partial charge in [0.05, 0.1) is 19.3 Å². The molecule has 0 radical (unpaired) electrons. The first-order valence-electron chi connectivity index (χ1n) is 11.0. The van der Waals surface area contributed by atoms with Crippen LogP contribution >= 0.6 is 0 Å². The maximum absolute atomic E-state index is 6.00. The zero-order valence-corrected chi connectivity index (χ0v) is 19.0. The summed E-state index contributed by atoms with van der Waals surface area (Å²) in [5.41, 5.74) is 3.56. The molecule has 0 saturated carbocycles. The third-order valence-corrected chi connectivity index (χ3v) is 5.48. The molecule has 1 N–H and O–H groups in total. The Hall–Kier alpha value is -2.57. The Morgan fingerprint density at radius 1 is 1.10 bits per heavy atom. The molecule has 168 valence electrons. The number of benzene rings is 2. The first kappa shape index (κ1) is 23.1. The fourth-order valence-electron chi connectivity index (χ4n) is 3.49. The Morgan fingerprint density at radius 3 is 2.52 bits per heavy atom. The van der Waals surface area contributed by atoms with Crippen LogP contribution in [0.4, 0.5) is 0 Å². The largest absolute Gasteiger partial charge is 0.491 e. The van der Waals surface area contributed by atoms with Crippen molar-refractivity contribution in [3.63, 3.8) is 0 Å². The molecule has 2 aromatic rings. The van der Waals surface area contributed by atoms with Crippen molar-refractivity contribution in [2.24, 2.45) is 4.99 Å². The van der Waals surface area contributed by atoms with E-state index in [4.69, 9.17) is 14.2 Å². The molecule has 1 saturated heterocycles. The fourth-order valence-corrected chi connectivity index (χ4v) is 3.49. The van der Waals surface area contributed by atoms with Gasteiger partial charge in [0.1, 0.15) is 12.4 Å². The minimum Gasteiger partial charge on any atom is -0.491 e. The minimum absolute atomic E-state index is 0.323. The van der Waals surface area contributed by atoms with Gasteiger partial charge in [0.2, 0.25) is 0 Å². The highest BCUT2D eigenvalue weighted by molar-refractivity contribution is 5.79. The molecule has 3 rings (SSSR count). The number of aryl methyl sites for hydroxylation is 1. The van der Waals surface area contributed by atoms with Crippen LogP contribution in [-0.4, -0.2) is 57.4 Å². The van der Waals surface area contributed by atoms with Crippen LogP contribution in [0.15, 0.2) is 53.5 Å². The average Bonchev–Trinajstić information content (AvgIpc) is 2.81. The van der Waals surface area contributed by atoms with Crippen molar-refractivity contribution in [2.45, 2.75) is 39.0 Å². The number of nitrogens with one attached hydrogen (secondary N) is 1. The Kier molecular flexibility index (Phi) is 9.18. The van der Waals surface area contributed by atoms with Gasteiger partial charge in [0.25, 0.3) is 0 Å². The van der Waals surface area contributed by atoms with Gasteiger partial charge in [-0.05, 0) is 42.5 Å². The SMILES string of the molecule is CN=C(NCc1ccc(COC2CCOCC2)cc1)N(C)CCOc1ccccc1C. The highest BCUT2D eigenvalue weighted by Crippen LogP contribution is 2.16. The van der Waals surface area contributed by atoms with Crippen LogP contribution in [0, 0.1) is 6.92 Å². The Balaban J connectivity index is 1.39. The molecule has 0 spiro atoms. The molecule has 6 nitrogen and oxygen atoms in total. The van der Waals surface area contributed by atoms with Crippen LogP contribution in [0.5, 0.6) is 5.75 Å². The van der Waals surface area contributed by atoms with Gasteiger partial charge in [-0.2, -0.15) is 0 Å². The van der Waals surface area contributed by atoms with E-state index >= 15 is 0 Å².